The smallest absolute Gasteiger partial charge is 0.317 e. The second kappa shape index (κ2) is 11.2. The van der Waals surface area contributed by atoms with E-state index < -0.39 is 0 Å². The minimum Gasteiger partial charge on any atom is -0.382 e. The van der Waals surface area contributed by atoms with E-state index in [1.54, 1.807) is 11.9 Å². The Labute approximate surface area is 179 Å². The molecule has 0 heterocycles. The molecule has 160 valence electrons. The number of anilines is 2. The maximum atomic E-state index is 12.2. The first kappa shape index (κ1) is 21.7. The summed E-state index contributed by atoms with van der Waals surface area (Å²) in [5.74, 6) is -0.117. The molecule has 1 fully saturated rings. The third-order valence-electron chi connectivity index (χ3n) is 5.38. The van der Waals surface area contributed by atoms with Crippen LogP contribution < -0.4 is 16.0 Å². The molecular formula is C24H32N4O2. The number of benzene rings is 2. The number of nitrogens with one attached hydrogen (secondary N) is 3. The van der Waals surface area contributed by atoms with Gasteiger partial charge in [0.05, 0.1) is 0 Å². The van der Waals surface area contributed by atoms with Gasteiger partial charge in [0.25, 0.3) is 0 Å². The van der Waals surface area contributed by atoms with E-state index in [1.165, 1.54) is 32.1 Å². The average molecular weight is 409 g/mol. The number of nitrogens with zero attached hydrogens (tertiary/aromatic N) is 1. The van der Waals surface area contributed by atoms with Crippen LogP contribution in [0.15, 0.2) is 54.6 Å². The van der Waals surface area contributed by atoms with E-state index in [1.807, 2.05) is 54.6 Å². The Kier molecular flexibility index (Phi) is 8.12. The van der Waals surface area contributed by atoms with Crippen LogP contribution in [-0.4, -0.2) is 36.5 Å². The van der Waals surface area contributed by atoms with Crippen LogP contribution in [0.1, 0.15) is 44.1 Å². The van der Waals surface area contributed by atoms with Gasteiger partial charge in [0.1, 0.15) is 0 Å². The van der Waals surface area contributed by atoms with E-state index in [0.717, 1.165) is 16.9 Å². The molecule has 6 nitrogen and oxygen atoms in total. The fourth-order valence-electron chi connectivity index (χ4n) is 3.70. The van der Waals surface area contributed by atoms with E-state index in [4.69, 9.17) is 0 Å². The molecule has 1 aliphatic rings. The molecule has 0 unspecified atom stereocenters. The maximum absolute atomic E-state index is 12.2. The molecular weight excluding hydrogens is 376 g/mol. The van der Waals surface area contributed by atoms with Crippen molar-refractivity contribution in [1.29, 1.82) is 0 Å². The van der Waals surface area contributed by atoms with Gasteiger partial charge < -0.3 is 20.9 Å². The Hall–Kier alpha value is -3.02. The zero-order valence-corrected chi connectivity index (χ0v) is 17.7. The van der Waals surface area contributed by atoms with E-state index in [9.17, 15) is 9.59 Å². The lowest BCUT2D eigenvalue weighted by Gasteiger charge is -2.23. The van der Waals surface area contributed by atoms with Gasteiger partial charge in [-0.1, -0.05) is 49.6 Å². The summed E-state index contributed by atoms with van der Waals surface area (Å²) in [6.45, 7) is 0.825. The first-order valence-electron chi connectivity index (χ1n) is 10.8. The largest absolute Gasteiger partial charge is 0.382 e. The molecule has 6 heteroatoms. The second-order valence-corrected chi connectivity index (χ2v) is 7.93. The lowest BCUT2D eigenvalue weighted by molar-refractivity contribution is -0.116. The minimum atomic E-state index is -0.190. The van der Waals surface area contributed by atoms with Crippen molar-refractivity contribution < 1.29 is 9.59 Å². The molecule has 0 radical (unpaired) electrons. The standard InChI is InChI=1S/C24H32N4O2/c1-28(18-19-8-4-2-5-9-19)24(30)25-17-16-23(29)27-22-14-12-21(13-15-22)26-20-10-6-3-7-11-20/h2,4-5,8-9,12-15,20,26H,3,6-7,10-11,16-18H2,1H3,(H,25,30)(H,27,29). The van der Waals surface area contributed by atoms with Crippen molar-refractivity contribution in [2.45, 2.75) is 51.1 Å². The van der Waals surface area contributed by atoms with Crippen molar-refractivity contribution in [3.05, 3.63) is 60.2 Å². The predicted molar refractivity (Wildman–Crippen MR) is 121 cm³/mol. The number of rotatable bonds is 8. The van der Waals surface area contributed by atoms with Crippen molar-refractivity contribution in [3.63, 3.8) is 0 Å². The van der Waals surface area contributed by atoms with E-state index in [2.05, 4.69) is 16.0 Å². The predicted octanol–water partition coefficient (Wildman–Crippen LogP) is 4.60. The van der Waals surface area contributed by atoms with Crippen LogP contribution in [0.3, 0.4) is 0 Å². The fraction of sp³-hybridized carbons (Fsp3) is 0.417. The molecule has 1 aliphatic carbocycles. The summed E-state index contributed by atoms with van der Waals surface area (Å²) in [7, 11) is 1.74. The van der Waals surface area contributed by atoms with Gasteiger partial charge in [-0.15, -0.1) is 0 Å². The van der Waals surface area contributed by atoms with E-state index >= 15 is 0 Å². The lowest BCUT2D eigenvalue weighted by atomic mass is 9.95. The highest BCUT2D eigenvalue weighted by Gasteiger charge is 2.13. The molecule has 30 heavy (non-hydrogen) atoms. The van der Waals surface area contributed by atoms with Crippen LogP contribution in [0.5, 0.6) is 0 Å². The zero-order chi connectivity index (χ0) is 21.2. The highest BCUT2D eigenvalue weighted by Crippen LogP contribution is 2.22. The molecule has 3 amide bonds. The summed E-state index contributed by atoms with van der Waals surface area (Å²) in [4.78, 5) is 25.9. The molecule has 0 aromatic heterocycles. The number of amides is 3. The van der Waals surface area contributed by atoms with Crippen LogP contribution in [0.2, 0.25) is 0 Å². The van der Waals surface area contributed by atoms with E-state index in [-0.39, 0.29) is 18.4 Å². The van der Waals surface area contributed by atoms with Crippen molar-refractivity contribution in [3.8, 4) is 0 Å². The maximum Gasteiger partial charge on any atom is 0.317 e. The molecule has 0 saturated heterocycles. The van der Waals surface area contributed by atoms with Gasteiger partial charge in [-0.2, -0.15) is 0 Å². The number of carbonyl (C=O) groups excluding carboxylic acids is 2. The van der Waals surface area contributed by atoms with Crippen LogP contribution in [0.4, 0.5) is 16.2 Å². The molecule has 3 N–H and O–H groups in total. The van der Waals surface area contributed by atoms with Crippen molar-refractivity contribution in [2.24, 2.45) is 0 Å². The van der Waals surface area contributed by atoms with Crippen LogP contribution in [-0.2, 0) is 11.3 Å². The Balaban J connectivity index is 1.35. The molecule has 0 aliphatic heterocycles. The molecule has 2 aromatic rings. The van der Waals surface area contributed by atoms with E-state index in [0.29, 0.717) is 19.1 Å². The highest BCUT2D eigenvalue weighted by molar-refractivity contribution is 5.91. The van der Waals surface area contributed by atoms with Gasteiger partial charge in [-0.25, -0.2) is 4.79 Å². The van der Waals surface area contributed by atoms with Gasteiger partial charge >= 0.3 is 6.03 Å². The summed E-state index contributed by atoms with van der Waals surface area (Å²) < 4.78 is 0. The first-order chi connectivity index (χ1) is 14.6. The Morgan fingerprint density at radius 3 is 2.30 bits per heavy atom. The van der Waals surface area contributed by atoms with Crippen molar-refractivity contribution in [1.82, 2.24) is 10.2 Å². The molecule has 0 bridgehead atoms. The average Bonchev–Trinajstić information content (AvgIpc) is 2.76. The van der Waals surface area contributed by atoms with Crippen molar-refractivity contribution >= 4 is 23.3 Å². The highest BCUT2D eigenvalue weighted by atomic mass is 16.2. The SMILES string of the molecule is CN(Cc1ccccc1)C(=O)NCCC(=O)Nc1ccc(NC2CCCCC2)cc1. The van der Waals surface area contributed by atoms with Crippen molar-refractivity contribution in [2.75, 3.05) is 24.2 Å². The molecule has 0 spiro atoms. The minimum absolute atomic E-state index is 0.117. The molecule has 3 rings (SSSR count). The topological polar surface area (TPSA) is 73.5 Å². The summed E-state index contributed by atoms with van der Waals surface area (Å²) in [5, 5.41) is 9.25. The van der Waals surface area contributed by atoms with Gasteiger partial charge in [-0.3, -0.25) is 4.79 Å². The molecule has 0 atom stereocenters. The molecule has 2 aromatic carbocycles. The fourth-order valence-corrected chi connectivity index (χ4v) is 3.70. The summed E-state index contributed by atoms with van der Waals surface area (Å²) in [6, 6.07) is 18.0. The summed E-state index contributed by atoms with van der Waals surface area (Å²) >= 11 is 0. The zero-order valence-electron chi connectivity index (χ0n) is 17.7. The third kappa shape index (κ3) is 7.10. The van der Waals surface area contributed by atoms with Gasteiger partial charge in [-0.05, 0) is 42.7 Å². The van der Waals surface area contributed by atoms with Crippen LogP contribution in [0, 0.1) is 0 Å². The first-order valence-corrected chi connectivity index (χ1v) is 10.8. The second-order valence-electron chi connectivity index (χ2n) is 7.93. The van der Waals surface area contributed by atoms with Gasteiger partial charge in [0, 0.05) is 44.0 Å². The number of urea groups is 1. The third-order valence-corrected chi connectivity index (χ3v) is 5.38. The number of hydrogen-bond acceptors (Lipinski definition) is 3. The summed E-state index contributed by atoms with van der Waals surface area (Å²) in [6.07, 6.45) is 6.62. The number of hydrogen-bond donors (Lipinski definition) is 3. The molecule has 1 saturated carbocycles. The number of carbonyl (C=O) groups is 2. The van der Waals surface area contributed by atoms with Crippen LogP contribution >= 0.6 is 0 Å². The Morgan fingerprint density at radius 2 is 1.60 bits per heavy atom. The van der Waals surface area contributed by atoms with Gasteiger partial charge in [0.15, 0.2) is 0 Å². The lowest BCUT2D eigenvalue weighted by Crippen LogP contribution is -2.38. The quantitative estimate of drug-likeness (QED) is 0.598. The normalized spacial score (nSPS) is 14.0. The summed E-state index contributed by atoms with van der Waals surface area (Å²) in [5.41, 5.74) is 2.92. The monoisotopic (exact) mass is 408 g/mol. The Bertz CT molecular complexity index is 802. The Morgan fingerprint density at radius 1 is 0.933 bits per heavy atom. The van der Waals surface area contributed by atoms with Gasteiger partial charge in [0.2, 0.25) is 5.91 Å². The van der Waals surface area contributed by atoms with Crippen LogP contribution in [0.25, 0.3) is 0 Å².